The summed E-state index contributed by atoms with van der Waals surface area (Å²) in [6, 6.07) is 13.6. The second-order valence-corrected chi connectivity index (χ2v) is 11.3. The van der Waals surface area contributed by atoms with E-state index in [1.165, 1.54) is 6.92 Å². The summed E-state index contributed by atoms with van der Waals surface area (Å²) in [6.45, 7) is 7.79. The Labute approximate surface area is 233 Å². The zero-order valence-electron chi connectivity index (χ0n) is 22.6. The predicted molar refractivity (Wildman–Crippen MR) is 147 cm³/mol. The van der Waals surface area contributed by atoms with Gasteiger partial charge in [0.2, 0.25) is 5.91 Å². The quantitative estimate of drug-likeness (QED) is 0.510. The summed E-state index contributed by atoms with van der Waals surface area (Å²) < 4.78 is 11.7. The second kappa shape index (κ2) is 11.8. The van der Waals surface area contributed by atoms with Crippen molar-refractivity contribution in [1.82, 2.24) is 9.80 Å². The maximum absolute atomic E-state index is 13.6. The maximum atomic E-state index is 13.6. The minimum absolute atomic E-state index is 0.0708. The molecule has 208 valence electrons. The number of hydrogen-bond acceptors (Lipinski definition) is 6. The third kappa shape index (κ3) is 7.36. The minimum Gasteiger partial charge on any atom is -0.444 e. The van der Waals surface area contributed by atoms with Gasteiger partial charge in [0.1, 0.15) is 11.7 Å². The molecular weight excluding hydrogens is 522 g/mol. The Bertz CT molecular complexity index is 1240. The van der Waals surface area contributed by atoms with Crippen LogP contribution in [0.1, 0.15) is 50.0 Å². The first-order valence-electron chi connectivity index (χ1n) is 13.0. The van der Waals surface area contributed by atoms with Crippen LogP contribution in [0.4, 0.5) is 10.5 Å². The molecule has 1 N–H and O–H groups in total. The normalized spacial score (nSPS) is 20.9. The van der Waals surface area contributed by atoms with Gasteiger partial charge in [0.05, 0.1) is 25.1 Å². The number of Topliss-reactive ketones (excluding diaryl/α,β-unsaturated/α-hetero) is 1. The Hall–Kier alpha value is -3.43. The number of ketones is 1. The lowest BCUT2D eigenvalue weighted by Crippen LogP contribution is -2.59. The molecule has 9 nitrogen and oxygen atoms in total. The summed E-state index contributed by atoms with van der Waals surface area (Å²) in [5, 5.41) is 3.38. The number of benzene rings is 2. The Morgan fingerprint density at radius 2 is 1.82 bits per heavy atom. The summed E-state index contributed by atoms with van der Waals surface area (Å²) in [7, 11) is 0. The van der Waals surface area contributed by atoms with Gasteiger partial charge >= 0.3 is 6.09 Å². The molecule has 0 spiro atoms. The molecule has 0 aromatic heterocycles. The van der Waals surface area contributed by atoms with Crippen LogP contribution in [-0.4, -0.2) is 77.0 Å². The van der Waals surface area contributed by atoms with Gasteiger partial charge in [-0.15, -0.1) is 0 Å². The van der Waals surface area contributed by atoms with Gasteiger partial charge in [-0.05, 0) is 76.1 Å². The first-order chi connectivity index (χ1) is 18.4. The van der Waals surface area contributed by atoms with Crippen molar-refractivity contribution in [2.24, 2.45) is 0 Å². The van der Waals surface area contributed by atoms with Gasteiger partial charge in [-0.3, -0.25) is 14.4 Å². The first kappa shape index (κ1) is 28.6. The van der Waals surface area contributed by atoms with Gasteiger partial charge in [0.15, 0.2) is 5.78 Å². The van der Waals surface area contributed by atoms with E-state index in [0.717, 1.165) is 5.56 Å². The molecule has 2 aliphatic heterocycles. The van der Waals surface area contributed by atoms with Crippen LogP contribution >= 0.6 is 11.6 Å². The van der Waals surface area contributed by atoms with E-state index in [0.29, 0.717) is 29.2 Å². The average molecular weight is 556 g/mol. The first-order valence-corrected chi connectivity index (χ1v) is 13.4. The molecule has 10 heteroatoms. The van der Waals surface area contributed by atoms with E-state index >= 15 is 0 Å². The smallest absolute Gasteiger partial charge is 0.410 e. The maximum Gasteiger partial charge on any atom is 0.410 e. The van der Waals surface area contributed by atoms with Crippen molar-refractivity contribution in [2.45, 2.75) is 64.4 Å². The SMILES string of the molecule is CC(=O)c1ccc(NC(=O)CC2OC3CN(C(=O)OC(C)(C)C)CC3N(CCc3cccc(Cl)c3)C2=O)cc1. The van der Waals surface area contributed by atoms with Crippen molar-refractivity contribution in [1.29, 1.82) is 0 Å². The van der Waals surface area contributed by atoms with Crippen LogP contribution < -0.4 is 5.32 Å². The highest BCUT2D eigenvalue weighted by atomic mass is 35.5. The van der Waals surface area contributed by atoms with E-state index in [-0.39, 0.29) is 43.1 Å². The standard InChI is InChI=1S/C29H34ClN3O6/c1-18(34)20-8-10-22(11-9-20)31-26(35)15-24-27(36)33(13-12-19-6-5-7-21(30)14-19)23-16-32(17-25(23)38-24)28(37)39-29(2,3)4/h5-11,14,23-25H,12-13,15-17H2,1-4H3,(H,31,35). The predicted octanol–water partition coefficient (Wildman–Crippen LogP) is 4.33. The number of likely N-dealkylation sites (tertiary alicyclic amines) is 1. The Morgan fingerprint density at radius 3 is 2.46 bits per heavy atom. The van der Waals surface area contributed by atoms with Gasteiger partial charge in [-0.25, -0.2) is 4.79 Å². The van der Waals surface area contributed by atoms with Crippen molar-refractivity contribution in [3.05, 3.63) is 64.7 Å². The Balaban J connectivity index is 1.48. The number of morpholine rings is 1. The van der Waals surface area contributed by atoms with Crippen LogP contribution in [0.2, 0.25) is 5.02 Å². The van der Waals surface area contributed by atoms with Crippen molar-refractivity contribution >= 4 is 41.0 Å². The van der Waals surface area contributed by atoms with Crippen molar-refractivity contribution in [3.63, 3.8) is 0 Å². The Morgan fingerprint density at radius 1 is 1.10 bits per heavy atom. The van der Waals surface area contributed by atoms with E-state index in [9.17, 15) is 19.2 Å². The number of hydrogen-bond donors (Lipinski definition) is 1. The van der Waals surface area contributed by atoms with Crippen molar-refractivity contribution in [2.75, 3.05) is 25.0 Å². The van der Waals surface area contributed by atoms with Crippen molar-refractivity contribution < 1.29 is 28.7 Å². The molecule has 3 amide bonds. The molecule has 0 radical (unpaired) electrons. The number of anilines is 1. The van der Waals surface area contributed by atoms with Crippen molar-refractivity contribution in [3.8, 4) is 0 Å². The molecule has 3 unspecified atom stereocenters. The second-order valence-electron chi connectivity index (χ2n) is 10.9. The van der Waals surface area contributed by atoms with E-state index in [1.54, 1.807) is 60.9 Å². The summed E-state index contributed by atoms with van der Waals surface area (Å²) >= 11 is 6.14. The topological polar surface area (TPSA) is 105 Å². The van der Waals surface area contributed by atoms with Gasteiger partial charge in [0.25, 0.3) is 5.91 Å². The molecule has 0 saturated carbocycles. The zero-order valence-corrected chi connectivity index (χ0v) is 23.4. The molecule has 3 atom stereocenters. The number of carbonyl (C=O) groups is 4. The summed E-state index contributed by atoms with van der Waals surface area (Å²) in [6.07, 6.45) is -1.55. The largest absolute Gasteiger partial charge is 0.444 e. The summed E-state index contributed by atoms with van der Waals surface area (Å²) in [5.41, 5.74) is 1.37. The number of rotatable bonds is 7. The van der Waals surface area contributed by atoms with E-state index in [2.05, 4.69) is 5.32 Å². The zero-order chi connectivity index (χ0) is 28.3. The minimum atomic E-state index is -0.999. The fourth-order valence-corrected chi connectivity index (χ4v) is 5.02. The molecule has 4 rings (SSSR count). The summed E-state index contributed by atoms with van der Waals surface area (Å²) in [5.74, 6) is -0.760. The number of carbonyl (C=O) groups excluding carboxylic acids is 4. The Kier molecular flexibility index (Phi) is 8.61. The van der Waals surface area contributed by atoms with Crippen LogP contribution in [0.15, 0.2) is 48.5 Å². The lowest BCUT2D eigenvalue weighted by atomic mass is 10.0. The lowest BCUT2D eigenvalue weighted by Gasteiger charge is -2.40. The number of ether oxygens (including phenoxy) is 2. The van der Waals surface area contributed by atoms with E-state index < -0.39 is 23.9 Å². The van der Waals surface area contributed by atoms with E-state index in [1.807, 2.05) is 18.2 Å². The van der Waals surface area contributed by atoms with Crippen LogP contribution in [0.3, 0.4) is 0 Å². The van der Waals surface area contributed by atoms with Gasteiger partial charge < -0.3 is 24.6 Å². The molecule has 2 aliphatic rings. The monoisotopic (exact) mass is 555 g/mol. The highest BCUT2D eigenvalue weighted by Gasteiger charge is 2.49. The number of nitrogens with zero attached hydrogens (tertiary/aromatic N) is 2. The van der Waals surface area contributed by atoms with Gasteiger partial charge in [-0.1, -0.05) is 23.7 Å². The molecule has 0 aliphatic carbocycles. The molecule has 2 saturated heterocycles. The molecule has 2 fully saturated rings. The van der Waals surface area contributed by atoms with Crippen LogP contribution in [0.25, 0.3) is 0 Å². The molecule has 39 heavy (non-hydrogen) atoms. The number of amides is 3. The highest BCUT2D eigenvalue weighted by Crippen LogP contribution is 2.29. The average Bonchev–Trinajstić information content (AvgIpc) is 3.27. The van der Waals surface area contributed by atoms with Crippen LogP contribution in [0, 0.1) is 0 Å². The third-order valence-electron chi connectivity index (χ3n) is 6.66. The van der Waals surface area contributed by atoms with Gasteiger partial charge in [0, 0.05) is 29.4 Å². The molecular formula is C29H34ClN3O6. The third-order valence-corrected chi connectivity index (χ3v) is 6.90. The summed E-state index contributed by atoms with van der Waals surface area (Å²) in [4.78, 5) is 54.0. The number of halogens is 1. The lowest BCUT2D eigenvalue weighted by molar-refractivity contribution is -0.168. The highest BCUT2D eigenvalue weighted by molar-refractivity contribution is 6.30. The fraction of sp³-hybridized carbons (Fsp3) is 0.448. The van der Waals surface area contributed by atoms with Gasteiger partial charge in [-0.2, -0.15) is 0 Å². The van der Waals surface area contributed by atoms with Crippen LogP contribution in [-0.2, 0) is 25.5 Å². The molecule has 0 bridgehead atoms. The molecule has 2 aromatic carbocycles. The van der Waals surface area contributed by atoms with E-state index in [4.69, 9.17) is 21.1 Å². The number of fused-ring (bicyclic) bond motifs is 1. The number of nitrogens with one attached hydrogen (secondary N) is 1. The molecule has 2 aromatic rings. The molecule has 2 heterocycles. The van der Waals surface area contributed by atoms with Crippen LogP contribution in [0.5, 0.6) is 0 Å². The fourth-order valence-electron chi connectivity index (χ4n) is 4.81.